The van der Waals surface area contributed by atoms with E-state index in [4.69, 9.17) is 14.2 Å². The second-order valence-electron chi connectivity index (χ2n) is 15.5. The molecule has 0 bridgehead atoms. The highest BCUT2D eigenvalue weighted by Gasteiger charge is 2.24. The van der Waals surface area contributed by atoms with Crippen molar-refractivity contribution in [3.05, 3.63) is 113 Å². The number of carbonyl (C=O) groups excluding carboxylic acids is 2. The summed E-state index contributed by atoms with van der Waals surface area (Å²) in [6.45, 7) is 17.0. The minimum absolute atomic E-state index is 0.0349. The first kappa shape index (κ1) is 42.1. The zero-order chi connectivity index (χ0) is 38.0. The molecule has 1 N–H and O–H groups in total. The zero-order valence-electron chi connectivity index (χ0n) is 32.5. The molecule has 0 spiro atoms. The summed E-state index contributed by atoms with van der Waals surface area (Å²) < 4.78 is 17.5. The Morgan fingerprint density at radius 3 is 1.29 bits per heavy atom. The third-order valence-electron chi connectivity index (χ3n) is 8.27. The van der Waals surface area contributed by atoms with E-state index in [1.807, 2.05) is 120 Å². The summed E-state index contributed by atoms with van der Waals surface area (Å²) in [7, 11) is 0. The fourth-order valence-electron chi connectivity index (χ4n) is 5.56. The molecule has 8 nitrogen and oxygen atoms in total. The lowest BCUT2D eigenvalue weighted by Gasteiger charge is -2.28. The van der Waals surface area contributed by atoms with E-state index in [0.29, 0.717) is 32.8 Å². The maximum Gasteiger partial charge on any atom is 0.410 e. The third kappa shape index (κ3) is 16.8. The van der Waals surface area contributed by atoms with Gasteiger partial charge in [-0.25, -0.2) is 9.59 Å². The molecule has 52 heavy (non-hydrogen) atoms. The summed E-state index contributed by atoms with van der Waals surface area (Å²) in [5.74, 6) is 0.829. The largest absolute Gasteiger partial charge is 0.494 e. The lowest BCUT2D eigenvalue weighted by molar-refractivity contribution is 0.0205. The quantitative estimate of drug-likeness (QED) is 0.0926. The Hall–Kier alpha value is -4.30. The van der Waals surface area contributed by atoms with Gasteiger partial charge in [-0.15, -0.1) is 6.58 Å². The van der Waals surface area contributed by atoms with Crippen LogP contribution in [0.1, 0.15) is 121 Å². The monoisotopic (exact) mass is 714 g/mol. The number of ether oxygens (including phenoxy) is 3. The van der Waals surface area contributed by atoms with Gasteiger partial charge >= 0.3 is 12.2 Å². The Morgan fingerprint density at radius 1 is 0.577 bits per heavy atom. The molecule has 0 atom stereocenters. The first-order valence-corrected chi connectivity index (χ1v) is 18.8. The molecular formula is C44H62N2O6. The molecule has 0 fully saturated rings. The second-order valence-corrected chi connectivity index (χ2v) is 15.5. The van der Waals surface area contributed by atoms with Gasteiger partial charge in [-0.1, -0.05) is 98.8 Å². The smallest absolute Gasteiger partial charge is 0.410 e. The molecule has 0 saturated heterocycles. The number of nitrogens with zero attached hydrogens (tertiary/aromatic N) is 2. The molecule has 2 amide bonds. The molecule has 8 heteroatoms. The Morgan fingerprint density at radius 2 is 0.923 bits per heavy atom. The Labute approximate surface area is 312 Å². The predicted octanol–water partition coefficient (Wildman–Crippen LogP) is 10.7. The molecule has 0 aromatic heterocycles. The standard InChI is InChI=1S/C44H62N2O6/c1-8-9-10-11-12-13-14-15-16-29-50-40-27-25-38(26-28-40)33-46(42(49)52-44(5,6)7)31-36-19-17-35(18-20-36)30-45(41(48)51-43(2,3)4)32-37-21-23-39(34-47)24-22-37/h8,17-28,47H,1,9-16,29-34H2,2-7H3. The average Bonchev–Trinajstić information content (AvgIpc) is 3.08. The van der Waals surface area contributed by atoms with Crippen LogP contribution in [-0.4, -0.2) is 44.9 Å². The summed E-state index contributed by atoms with van der Waals surface area (Å²) in [6.07, 6.45) is 10.9. The van der Waals surface area contributed by atoms with Crippen LogP contribution in [0.2, 0.25) is 0 Å². The second kappa shape index (κ2) is 21.3. The summed E-state index contributed by atoms with van der Waals surface area (Å²) >= 11 is 0. The van der Waals surface area contributed by atoms with Gasteiger partial charge in [0.05, 0.1) is 13.2 Å². The highest BCUT2D eigenvalue weighted by molar-refractivity contribution is 5.69. The first-order valence-electron chi connectivity index (χ1n) is 18.8. The van der Waals surface area contributed by atoms with Crippen molar-refractivity contribution in [2.75, 3.05) is 6.61 Å². The number of aliphatic hydroxyl groups excluding tert-OH is 1. The number of carbonyl (C=O) groups is 2. The van der Waals surface area contributed by atoms with Gasteiger partial charge in [-0.2, -0.15) is 0 Å². The number of benzene rings is 3. The molecule has 0 unspecified atom stereocenters. The molecule has 0 radical (unpaired) electrons. The average molecular weight is 715 g/mol. The van der Waals surface area contributed by atoms with E-state index in [2.05, 4.69) is 6.58 Å². The third-order valence-corrected chi connectivity index (χ3v) is 8.27. The predicted molar refractivity (Wildman–Crippen MR) is 209 cm³/mol. The van der Waals surface area contributed by atoms with Crippen molar-refractivity contribution in [2.45, 2.75) is 137 Å². The number of allylic oxidation sites excluding steroid dienone is 1. The van der Waals surface area contributed by atoms with E-state index in [9.17, 15) is 14.7 Å². The molecule has 0 aliphatic carbocycles. The van der Waals surface area contributed by atoms with Gasteiger partial charge in [0.2, 0.25) is 0 Å². The van der Waals surface area contributed by atoms with Crippen LogP contribution >= 0.6 is 0 Å². The van der Waals surface area contributed by atoms with Gasteiger partial charge in [-0.3, -0.25) is 9.80 Å². The van der Waals surface area contributed by atoms with Gasteiger partial charge in [-0.05, 0) is 101 Å². The van der Waals surface area contributed by atoms with Crippen molar-refractivity contribution in [2.24, 2.45) is 0 Å². The molecule has 3 aromatic carbocycles. The highest BCUT2D eigenvalue weighted by Crippen LogP contribution is 2.21. The summed E-state index contributed by atoms with van der Waals surface area (Å²) in [5, 5.41) is 9.41. The van der Waals surface area contributed by atoms with Crippen LogP contribution < -0.4 is 4.74 Å². The van der Waals surface area contributed by atoms with Crippen LogP contribution in [0.15, 0.2) is 85.5 Å². The van der Waals surface area contributed by atoms with Crippen LogP contribution in [0.25, 0.3) is 0 Å². The maximum absolute atomic E-state index is 13.4. The number of hydrogen-bond acceptors (Lipinski definition) is 6. The summed E-state index contributed by atoms with van der Waals surface area (Å²) in [5.41, 5.74) is 3.33. The van der Waals surface area contributed by atoms with Crippen molar-refractivity contribution in [3.63, 3.8) is 0 Å². The van der Waals surface area contributed by atoms with Gasteiger partial charge in [0.15, 0.2) is 0 Å². The van der Waals surface area contributed by atoms with Crippen molar-refractivity contribution in [1.29, 1.82) is 0 Å². The first-order chi connectivity index (χ1) is 24.7. The molecule has 3 aromatic rings. The van der Waals surface area contributed by atoms with Crippen LogP contribution in [0.4, 0.5) is 9.59 Å². The van der Waals surface area contributed by atoms with E-state index in [-0.39, 0.29) is 12.7 Å². The zero-order valence-corrected chi connectivity index (χ0v) is 32.5. The van der Waals surface area contributed by atoms with E-state index >= 15 is 0 Å². The fourth-order valence-corrected chi connectivity index (χ4v) is 5.56. The van der Waals surface area contributed by atoms with E-state index in [1.165, 1.54) is 38.5 Å². The fraction of sp³-hybridized carbons (Fsp3) is 0.500. The minimum Gasteiger partial charge on any atom is -0.494 e. The van der Waals surface area contributed by atoms with Crippen LogP contribution in [0, 0.1) is 0 Å². The number of rotatable bonds is 20. The van der Waals surface area contributed by atoms with Gasteiger partial charge in [0, 0.05) is 26.2 Å². The summed E-state index contributed by atoms with van der Waals surface area (Å²) in [4.78, 5) is 30.0. The number of unbranched alkanes of at least 4 members (excludes halogenated alkanes) is 7. The van der Waals surface area contributed by atoms with Gasteiger partial charge in [0.1, 0.15) is 17.0 Å². The van der Waals surface area contributed by atoms with Gasteiger partial charge < -0.3 is 19.3 Å². The molecular weight excluding hydrogens is 652 g/mol. The molecule has 0 aliphatic heterocycles. The van der Waals surface area contributed by atoms with Crippen LogP contribution in [-0.2, 0) is 42.3 Å². The van der Waals surface area contributed by atoms with E-state index in [1.54, 1.807) is 9.80 Å². The lowest BCUT2D eigenvalue weighted by atomic mass is 10.1. The van der Waals surface area contributed by atoms with Crippen molar-refractivity contribution in [3.8, 4) is 5.75 Å². The Kier molecular flexibility index (Phi) is 17.2. The molecule has 0 aliphatic rings. The maximum atomic E-state index is 13.4. The van der Waals surface area contributed by atoms with Crippen molar-refractivity contribution >= 4 is 12.2 Å². The number of aliphatic hydroxyl groups is 1. The van der Waals surface area contributed by atoms with Crippen LogP contribution in [0.3, 0.4) is 0 Å². The Balaban J connectivity index is 1.61. The highest BCUT2D eigenvalue weighted by atomic mass is 16.6. The molecule has 0 saturated carbocycles. The van der Waals surface area contributed by atoms with Crippen molar-refractivity contribution < 1.29 is 28.9 Å². The number of hydrogen-bond donors (Lipinski definition) is 1. The Bertz CT molecular complexity index is 1490. The normalized spacial score (nSPS) is 11.5. The summed E-state index contributed by atoms with van der Waals surface area (Å²) in [6, 6.07) is 23.4. The van der Waals surface area contributed by atoms with Crippen molar-refractivity contribution in [1.82, 2.24) is 9.80 Å². The topological polar surface area (TPSA) is 88.5 Å². The molecule has 284 valence electrons. The molecule has 3 rings (SSSR count). The van der Waals surface area contributed by atoms with E-state index in [0.717, 1.165) is 46.4 Å². The minimum atomic E-state index is -0.636. The van der Waals surface area contributed by atoms with E-state index < -0.39 is 17.3 Å². The SMILES string of the molecule is C=CCCCCCCCCCOc1ccc(CN(Cc2ccc(CN(Cc3ccc(CO)cc3)C(=O)OC(C)(C)C)cc2)C(=O)OC(C)(C)C)cc1. The lowest BCUT2D eigenvalue weighted by Crippen LogP contribution is -2.36. The number of amides is 2. The van der Waals surface area contributed by atoms with Crippen LogP contribution in [0.5, 0.6) is 5.75 Å². The van der Waals surface area contributed by atoms with Gasteiger partial charge in [0.25, 0.3) is 0 Å². The molecule has 0 heterocycles.